The fourth-order valence-electron chi connectivity index (χ4n) is 1.91. The second kappa shape index (κ2) is 7.04. The summed E-state index contributed by atoms with van der Waals surface area (Å²) in [7, 11) is 0. The van der Waals surface area contributed by atoms with Gasteiger partial charge in [0.15, 0.2) is 5.78 Å². The van der Waals surface area contributed by atoms with E-state index in [1.807, 2.05) is 13.0 Å². The van der Waals surface area contributed by atoms with Crippen LogP contribution in [0.4, 0.5) is 0 Å². The smallest absolute Gasteiger partial charge is 0.343 e. The third-order valence-corrected chi connectivity index (χ3v) is 3.17. The van der Waals surface area contributed by atoms with Crippen LogP contribution in [0.15, 0.2) is 48.5 Å². The summed E-state index contributed by atoms with van der Waals surface area (Å²) in [6.07, 6.45) is 1.13. The maximum atomic E-state index is 12.1. The van der Waals surface area contributed by atoms with Gasteiger partial charge in [0.05, 0.1) is 11.1 Å². The van der Waals surface area contributed by atoms with Crippen LogP contribution in [0, 0.1) is 0 Å². The third-order valence-electron chi connectivity index (χ3n) is 2.93. The summed E-state index contributed by atoms with van der Waals surface area (Å²) in [5, 5.41) is 0.416. The molecule has 0 aliphatic carbocycles. The average molecular weight is 303 g/mol. The summed E-state index contributed by atoms with van der Waals surface area (Å²) in [6, 6.07) is 13.3. The van der Waals surface area contributed by atoms with E-state index in [0.29, 0.717) is 22.6 Å². The summed E-state index contributed by atoms with van der Waals surface area (Å²) >= 11 is 5.93. The predicted octanol–water partition coefficient (Wildman–Crippen LogP) is 4.54. The largest absolute Gasteiger partial charge is 0.422 e. The molecule has 0 aliphatic rings. The standard InChI is InChI=1S/C17H15ClO3/c1-2-6-15(19)14-10-9-13(18)11-16(14)21-17(20)12-7-4-3-5-8-12/h3-5,7-11H,2,6H2,1H3. The van der Waals surface area contributed by atoms with E-state index in [1.165, 1.54) is 6.07 Å². The van der Waals surface area contributed by atoms with Gasteiger partial charge in [-0.3, -0.25) is 4.79 Å². The van der Waals surface area contributed by atoms with Crippen molar-refractivity contribution in [2.24, 2.45) is 0 Å². The zero-order valence-corrected chi connectivity index (χ0v) is 12.4. The number of carbonyl (C=O) groups is 2. The minimum absolute atomic E-state index is 0.0648. The van der Waals surface area contributed by atoms with Gasteiger partial charge in [-0.2, -0.15) is 0 Å². The lowest BCUT2D eigenvalue weighted by Crippen LogP contribution is -2.11. The third kappa shape index (κ3) is 3.92. The van der Waals surface area contributed by atoms with Crippen LogP contribution in [0.3, 0.4) is 0 Å². The van der Waals surface area contributed by atoms with Gasteiger partial charge in [0.2, 0.25) is 0 Å². The van der Waals surface area contributed by atoms with Crippen LogP contribution in [0.5, 0.6) is 5.75 Å². The Bertz CT molecular complexity index is 650. The van der Waals surface area contributed by atoms with E-state index in [1.54, 1.807) is 36.4 Å². The maximum absolute atomic E-state index is 12.1. The molecule has 0 fully saturated rings. The van der Waals surface area contributed by atoms with Crippen molar-refractivity contribution in [3.05, 3.63) is 64.7 Å². The van der Waals surface area contributed by atoms with E-state index in [-0.39, 0.29) is 11.5 Å². The summed E-state index contributed by atoms with van der Waals surface area (Å²) in [4.78, 5) is 24.1. The number of ketones is 1. The lowest BCUT2D eigenvalue weighted by molar-refractivity contribution is 0.0732. The molecule has 21 heavy (non-hydrogen) atoms. The Morgan fingerprint density at radius 1 is 1.10 bits per heavy atom. The molecule has 0 radical (unpaired) electrons. The SMILES string of the molecule is CCCC(=O)c1ccc(Cl)cc1OC(=O)c1ccccc1. The number of Topliss-reactive ketones (excluding diaryl/α,β-unsaturated/α-hetero) is 1. The normalized spacial score (nSPS) is 10.2. The molecule has 0 unspecified atom stereocenters. The van der Waals surface area contributed by atoms with Gasteiger partial charge in [0.1, 0.15) is 5.75 Å². The molecule has 3 nitrogen and oxygen atoms in total. The Balaban J connectivity index is 2.28. The molecule has 4 heteroatoms. The van der Waals surface area contributed by atoms with Gasteiger partial charge < -0.3 is 4.74 Å². The topological polar surface area (TPSA) is 43.4 Å². The van der Waals surface area contributed by atoms with Gasteiger partial charge in [-0.25, -0.2) is 4.79 Å². The highest BCUT2D eigenvalue weighted by atomic mass is 35.5. The van der Waals surface area contributed by atoms with Crippen molar-refractivity contribution in [2.75, 3.05) is 0 Å². The van der Waals surface area contributed by atoms with E-state index in [9.17, 15) is 9.59 Å². The highest BCUT2D eigenvalue weighted by Gasteiger charge is 2.16. The molecule has 2 rings (SSSR count). The number of halogens is 1. The van der Waals surface area contributed by atoms with Crippen molar-refractivity contribution < 1.29 is 14.3 Å². The summed E-state index contributed by atoms with van der Waals surface area (Å²) in [6.45, 7) is 1.92. The molecular formula is C17H15ClO3. The number of ether oxygens (including phenoxy) is 1. The van der Waals surface area contributed by atoms with Crippen molar-refractivity contribution in [3.63, 3.8) is 0 Å². The van der Waals surface area contributed by atoms with Crippen molar-refractivity contribution in [3.8, 4) is 5.75 Å². The van der Waals surface area contributed by atoms with Gasteiger partial charge >= 0.3 is 5.97 Å². The monoisotopic (exact) mass is 302 g/mol. The molecule has 2 aromatic carbocycles. The number of esters is 1. The zero-order chi connectivity index (χ0) is 15.2. The molecule has 0 amide bonds. The second-order valence-corrected chi connectivity index (χ2v) is 5.01. The van der Waals surface area contributed by atoms with Gasteiger partial charge in [-0.05, 0) is 30.7 Å². The van der Waals surface area contributed by atoms with E-state index >= 15 is 0 Å². The quantitative estimate of drug-likeness (QED) is 0.462. The lowest BCUT2D eigenvalue weighted by Gasteiger charge is -2.09. The first-order valence-electron chi connectivity index (χ1n) is 6.71. The fourth-order valence-corrected chi connectivity index (χ4v) is 2.07. The maximum Gasteiger partial charge on any atom is 0.343 e. The highest BCUT2D eigenvalue weighted by molar-refractivity contribution is 6.31. The van der Waals surface area contributed by atoms with Crippen molar-refractivity contribution in [2.45, 2.75) is 19.8 Å². The molecule has 0 N–H and O–H groups in total. The van der Waals surface area contributed by atoms with E-state index in [0.717, 1.165) is 6.42 Å². The van der Waals surface area contributed by atoms with Crippen LogP contribution < -0.4 is 4.74 Å². The first-order valence-corrected chi connectivity index (χ1v) is 7.09. The molecule has 0 atom stereocenters. The first kappa shape index (κ1) is 15.3. The zero-order valence-electron chi connectivity index (χ0n) is 11.6. The number of benzene rings is 2. The molecule has 2 aromatic rings. The summed E-state index contributed by atoms with van der Waals surface area (Å²) < 4.78 is 5.34. The highest BCUT2D eigenvalue weighted by Crippen LogP contribution is 2.26. The van der Waals surface area contributed by atoms with Crippen LogP contribution >= 0.6 is 11.6 Å². The molecule has 0 saturated carbocycles. The average Bonchev–Trinajstić information content (AvgIpc) is 2.48. The number of carbonyl (C=O) groups excluding carboxylic acids is 2. The Morgan fingerprint density at radius 3 is 2.48 bits per heavy atom. The fraction of sp³-hybridized carbons (Fsp3) is 0.176. The van der Waals surface area contributed by atoms with E-state index in [4.69, 9.17) is 16.3 Å². The van der Waals surface area contributed by atoms with Crippen molar-refractivity contribution >= 4 is 23.4 Å². The number of rotatable bonds is 5. The Kier molecular flexibility index (Phi) is 5.12. The van der Waals surface area contributed by atoms with Crippen molar-refractivity contribution in [1.82, 2.24) is 0 Å². The Morgan fingerprint density at radius 2 is 1.81 bits per heavy atom. The summed E-state index contributed by atoms with van der Waals surface area (Å²) in [5.41, 5.74) is 0.803. The number of hydrogen-bond donors (Lipinski definition) is 0. The van der Waals surface area contributed by atoms with Gasteiger partial charge in [-0.1, -0.05) is 36.7 Å². The van der Waals surface area contributed by atoms with Crippen LogP contribution in [0.25, 0.3) is 0 Å². The first-order chi connectivity index (χ1) is 10.1. The predicted molar refractivity (Wildman–Crippen MR) is 82.1 cm³/mol. The molecule has 0 spiro atoms. The minimum atomic E-state index is -0.511. The lowest BCUT2D eigenvalue weighted by atomic mass is 10.1. The summed E-state index contributed by atoms with van der Waals surface area (Å²) in [5.74, 6) is -0.372. The minimum Gasteiger partial charge on any atom is -0.422 e. The molecule has 0 aliphatic heterocycles. The van der Waals surface area contributed by atoms with Crippen LogP contribution in [0.1, 0.15) is 40.5 Å². The molecule has 0 saturated heterocycles. The van der Waals surface area contributed by atoms with Crippen molar-refractivity contribution in [1.29, 1.82) is 0 Å². The molecule has 0 heterocycles. The molecular weight excluding hydrogens is 288 g/mol. The van der Waals surface area contributed by atoms with E-state index in [2.05, 4.69) is 0 Å². The molecule has 108 valence electrons. The number of hydrogen-bond acceptors (Lipinski definition) is 3. The second-order valence-electron chi connectivity index (χ2n) is 4.57. The Labute approximate surface area is 128 Å². The van der Waals surface area contributed by atoms with Gasteiger partial charge in [-0.15, -0.1) is 0 Å². The van der Waals surface area contributed by atoms with Gasteiger partial charge in [0, 0.05) is 17.5 Å². The van der Waals surface area contributed by atoms with Crippen LogP contribution in [-0.4, -0.2) is 11.8 Å². The van der Waals surface area contributed by atoms with Crippen LogP contribution in [0.2, 0.25) is 5.02 Å². The van der Waals surface area contributed by atoms with Crippen LogP contribution in [-0.2, 0) is 0 Å². The molecule has 0 bridgehead atoms. The molecule has 0 aromatic heterocycles. The van der Waals surface area contributed by atoms with Gasteiger partial charge in [0.25, 0.3) is 0 Å². The van der Waals surface area contributed by atoms with E-state index < -0.39 is 5.97 Å². The Hall–Kier alpha value is -2.13.